The smallest absolute Gasteiger partial charge is 0.267 e. The Morgan fingerprint density at radius 2 is 1.69 bits per heavy atom. The molecular weight excluding hydrogens is 442 g/mol. The van der Waals surface area contributed by atoms with E-state index in [1.165, 1.54) is 16.7 Å². The van der Waals surface area contributed by atoms with Gasteiger partial charge in [-0.2, -0.15) is 0 Å². The number of rotatable bonds is 7. The topological polar surface area (TPSA) is 69.7 Å². The summed E-state index contributed by atoms with van der Waals surface area (Å²) in [5.41, 5.74) is 2.25. The largest absolute Gasteiger partial charge is 0.325 e. The Morgan fingerprint density at radius 3 is 2.44 bits per heavy atom. The number of nitrogens with zero attached hydrogens (tertiary/aromatic N) is 2. The van der Waals surface area contributed by atoms with Crippen LogP contribution in [0.5, 0.6) is 0 Å². The van der Waals surface area contributed by atoms with Gasteiger partial charge in [0.05, 0.1) is 16.2 Å². The van der Waals surface area contributed by atoms with Crippen molar-refractivity contribution in [3.63, 3.8) is 0 Å². The first kappa shape index (κ1) is 22.2. The maximum Gasteiger partial charge on any atom is 0.267 e. The van der Waals surface area contributed by atoms with Crippen LogP contribution in [0.2, 0.25) is 0 Å². The van der Waals surface area contributed by atoms with E-state index in [4.69, 9.17) is 12.2 Å². The van der Waals surface area contributed by atoms with Crippen molar-refractivity contribution in [1.82, 2.24) is 4.90 Å². The molecule has 0 aromatic heterocycles. The molecule has 0 atom stereocenters. The first-order valence-electron chi connectivity index (χ1n) is 10.6. The van der Waals surface area contributed by atoms with E-state index in [2.05, 4.69) is 12.2 Å². The van der Waals surface area contributed by atoms with Crippen LogP contribution in [-0.2, 0) is 14.4 Å². The van der Waals surface area contributed by atoms with Gasteiger partial charge in [-0.25, -0.2) is 0 Å². The van der Waals surface area contributed by atoms with Crippen LogP contribution in [0, 0.1) is 0 Å². The molecule has 32 heavy (non-hydrogen) atoms. The van der Waals surface area contributed by atoms with Crippen LogP contribution in [0.15, 0.2) is 59.5 Å². The number of hydrogen-bond acceptors (Lipinski definition) is 5. The van der Waals surface area contributed by atoms with Crippen molar-refractivity contribution in [2.24, 2.45) is 0 Å². The van der Waals surface area contributed by atoms with Crippen LogP contribution in [0.4, 0.5) is 11.4 Å². The third kappa shape index (κ3) is 4.33. The number of thiocarbonyl (C=S) groups is 1. The molecule has 6 nitrogen and oxygen atoms in total. The Morgan fingerprint density at radius 1 is 0.969 bits per heavy atom. The van der Waals surface area contributed by atoms with Gasteiger partial charge in [0.25, 0.3) is 11.8 Å². The standard InChI is InChI=1S/C24H23N3O3S2/c1-2-3-9-14-26-23(30)21(32-24(26)31)20-17-12-7-8-13-18(17)27(22(20)29)15-19(28)25-16-10-5-4-6-11-16/h4-8,10-13H,2-3,9,14-15H2,1H3,(H,25,28)/b21-20+. The number of anilines is 2. The third-order valence-corrected chi connectivity index (χ3v) is 6.79. The van der Waals surface area contributed by atoms with E-state index in [1.807, 2.05) is 30.3 Å². The molecule has 2 aromatic rings. The molecule has 2 aliphatic rings. The van der Waals surface area contributed by atoms with Crippen molar-refractivity contribution in [3.8, 4) is 0 Å². The lowest BCUT2D eigenvalue weighted by Gasteiger charge is -2.16. The lowest BCUT2D eigenvalue weighted by Crippen LogP contribution is -2.35. The summed E-state index contributed by atoms with van der Waals surface area (Å²) in [5.74, 6) is -0.902. The number of benzene rings is 2. The fourth-order valence-corrected chi connectivity index (χ4v) is 5.16. The van der Waals surface area contributed by atoms with Gasteiger partial charge in [-0.3, -0.25) is 24.2 Å². The normalized spacial score (nSPS) is 17.8. The summed E-state index contributed by atoms with van der Waals surface area (Å²) < 4.78 is 0.471. The van der Waals surface area contributed by atoms with E-state index in [0.717, 1.165) is 19.3 Å². The highest BCUT2D eigenvalue weighted by molar-refractivity contribution is 8.26. The number of carbonyl (C=O) groups excluding carboxylic acids is 3. The van der Waals surface area contributed by atoms with Crippen molar-refractivity contribution < 1.29 is 14.4 Å². The highest BCUT2D eigenvalue weighted by atomic mass is 32.2. The lowest BCUT2D eigenvalue weighted by molar-refractivity contribution is -0.122. The third-order valence-electron chi connectivity index (χ3n) is 5.34. The van der Waals surface area contributed by atoms with Crippen LogP contribution in [0.25, 0.3) is 5.57 Å². The average molecular weight is 466 g/mol. The van der Waals surface area contributed by atoms with Crippen LogP contribution in [-0.4, -0.2) is 40.0 Å². The molecule has 0 unspecified atom stereocenters. The van der Waals surface area contributed by atoms with Crippen molar-refractivity contribution in [2.75, 3.05) is 23.3 Å². The summed E-state index contributed by atoms with van der Waals surface area (Å²) in [5, 5.41) is 2.81. The minimum Gasteiger partial charge on any atom is -0.325 e. The summed E-state index contributed by atoms with van der Waals surface area (Å²) in [6.07, 6.45) is 2.92. The average Bonchev–Trinajstić information content (AvgIpc) is 3.22. The molecule has 2 aromatic carbocycles. The fourth-order valence-electron chi connectivity index (χ4n) is 3.78. The number of hydrogen-bond donors (Lipinski definition) is 1. The summed E-state index contributed by atoms with van der Waals surface area (Å²) in [7, 11) is 0. The summed E-state index contributed by atoms with van der Waals surface area (Å²) in [6, 6.07) is 16.3. The number of carbonyl (C=O) groups is 3. The molecule has 1 saturated heterocycles. The highest BCUT2D eigenvalue weighted by Gasteiger charge is 2.42. The zero-order valence-corrected chi connectivity index (χ0v) is 19.3. The number of nitrogens with one attached hydrogen (secondary N) is 1. The second-order valence-electron chi connectivity index (χ2n) is 7.56. The van der Waals surface area contributed by atoms with Gasteiger partial charge in [0, 0.05) is 17.8 Å². The first-order chi connectivity index (χ1) is 15.5. The van der Waals surface area contributed by atoms with Gasteiger partial charge < -0.3 is 5.32 Å². The number of amides is 3. The maximum absolute atomic E-state index is 13.4. The Kier molecular flexibility index (Phi) is 6.72. The molecule has 164 valence electrons. The number of para-hydroxylation sites is 2. The molecule has 8 heteroatoms. The van der Waals surface area contributed by atoms with E-state index >= 15 is 0 Å². The lowest BCUT2D eigenvalue weighted by atomic mass is 10.1. The molecule has 4 rings (SSSR count). The van der Waals surface area contributed by atoms with Crippen LogP contribution in [0.1, 0.15) is 31.7 Å². The molecule has 0 bridgehead atoms. The highest BCUT2D eigenvalue weighted by Crippen LogP contribution is 2.44. The monoisotopic (exact) mass is 465 g/mol. The molecule has 0 saturated carbocycles. The second-order valence-corrected chi connectivity index (χ2v) is 9.20. The van der Waals surface area contributed by atoms with Gasteiger partial charge in [-0.15, -0.1) is 0 Å². The molecule has 1 N–H and O–H groups in total. The summed E-state index contributed by atoms with van der Waals surface area (Å²) in [4.78, 5) is 42.5. The van der Waals surface area contributed by atoms with E-state index in [1.54, 1.807) is 29.2 Å². The van der Waals surface area contributed by atoms with Gasteiger partial charge in [0.2, 0.25) is 5.91 Å². The predicted molar refractivity (Wildman–Crippen MR) is 132 cm³/mol. The van der Waals surface area contributed by atoms with Crippen molar-refractivity contribution in [3.05, 3.63) is 65.1 Å². The molecule has 2 aliphatic heterocycles. The number of unbranched alkanes of at least 4 members (excludes halogenated alkanes) is 2. The van der Waals surface area contributed by atoms with Crippen LogP contribution in [0.3, 0.4) is 0 Å². The van der Waals surface area contributed by atoms with Gasteiger partial charge in [0.1, 0.15) is 10.9 Å². The Balaban J connectivity index is 1.61. The molecule has 0 spiro atoms. The van der Waals surface area contributed by atoms with Gasteiger partial charge in [-0.05, 0) is 24.6 Å². The Bertz CT molecular complexity index is 1110. The fraction of sp³-hybridized carbons (Fsp3) is 0.250. The van der Waals surface area contributed by atoms with Crippen LogP contribution >= 0.6 is 24.0 Å². The Hall–Kier alpha value is -2.97. The van der Waals surface area contributed by atoms with Gasteiger partial charge in [0.15, 0.2) is 0 Å². The van der Waals surface area contributed by atoms with Gasteiger partial charge in [-0.1, -0.05) is 80.1 Å². The molecule has 0 aliphatic carbocycles. The molecule has 2 heterocycles. The minimum absolute atomic E-state index is 0.148. The SMILES string of the molecule is CCCCCN1C(=O)/C(=C2\C(=O)N(CC(=O)Nc3ccccc3)c3ccccc32)SC1=S. The van der Waals surface area contributed by atoms with Crippen LogP contribution < -0.4 is 10.2 Å². The first-order valence-corrected chi connectivity index (χ1v) is 11.8. The van der Waals surface area contributed by atoms with E-state index in [0.29, 0.717) is 38.3 Å². The van der Waals surface area contributed by atoms with E-state index in [-0.39, 0.29) is 24.3 Å². The van der Waals surface area contributed by atoms with Crippen molar-refractivity contribution in [2.45, 2.75) is 26.2 Å². The Labute approximate surface area is 196 Å². The zero-order valence-electron chi connectivity index (χ0n) is 17.7. The number of thioether (sulfide) groups is 1. The van der Waals surface area contributed by atoms with E-state index < -0.39 is 0 Å². The molecule has 1 fully saturated rings. The predicted octanol–water partition coefficient (Wildman–Crippen LogP) is 4.43. The number of fused-ring (bicyclic) bond motifs is 1. The quantitative estimate of drug-likeness (QED) is 0.372. The van der Waals surface area contributed by atoms with E-state index in [9.17, 15) is 14.4 Å². The summed E-state index contributed by atoms with van der Waals surface area (Å²) >= 11 is 6.60. The van der Waals surface area contributed by atoms with Crippen molar-refractivity contribution in [1.29, 1.82) is 0 Å². The minimum atomic E-state index is -0.358. The second kappa shape index (κ2) is 9.67. The molecule has 3 amide bonds. The van der Waals surface area contributed by atoms with Gasteiger partial charge >= 0.3 is 0 Å². The van der Waals surface area contributed by atoms with Crippen molar-refractivity contribution >= 4 is 63.0 Å². The summed E-state index contributed by atoms with van der Waals surface area (Å²) in [6.45, 7) is 2.50. The maximum atomic E-state index is 13.4. The molecule has 0 radical (unpaired) electrons. The zero-order chi connectivity index (χ0) is 22.7. The molecular formula is C24H23N3O3S2.